The Balaban J connectivity index is 2.20. The number of rotatable bonds is 6. The Morgan fingerprint density at radius 1 is 1.25 bits per heavy atom. The minimum atomic E-state index is -0.964. The summed E-state index contributed by atoms with van der Waals surface area (Å²) in [5.41, 5.74) is 2.45. The minimum absolute atomic E-state index is 0.0637. The number of phenolic OH excluding ortho intramolecular Hbond substituents is 1. The van der Waals surface area contributed by atoms with Gasteiger partial charge in [-0.15, -0.1) is 0 Å². The van der Waals surface area contributed by atoms with Crippen LogP contribution in [0.15, 0.2) is 40.7 Å². The summed E-state index contributed by atoms with van der Waals surface area (Å²) < 4.78 is 15.6. The van der Waals surface area contributed by atoms with Gasteiger partial charge in [-0.1, -0.05) is 19.9 Å². The van der Waals surface area contributed by atoms with Gasteiger partial charge in [-0.3, -0.25) is 9.59 Å². The zero-order valence-corrected chi connectivity index (χ0v) is 19.0. The number of ketones is 1. The van der Waals surface area contributed by atoms with Gasteiger partial charge in [-0.25, -0.2) is 4.79 Å². The first-order valence-electron chi connectivity index (χ1n) is 10.6. The summed E-state index contributed by atoms with van der Waals surface area (Å²) in [6.45, 7) is 5.72. The van der Waals surface area contributed by atoms with Gasteiger partial charge in [0.15, 0.2) is 17.3 Å². The van der Waals surface area contributed by atoms with Gasteiger partial charge in [0.05, 0.1) is 26.4 Å². The SMILES string of the molecule is CCCOC(=O)C1=C(C)NC2=C(C(=O)[C@H](C(=O)OC)[C@@H](C)C2)[C@@H]1c1ccc(O)c(OC)c1. The molecule has 0 spiro atoms. The van der Waals surface area contributed by atoms with Crippen LogP contribution in [-0.2, 0) is 23.9 Å². The molecule has 0 aromatic heterocycles. The molecule has 1 aromatic carbocycles. The molecule has 8 heteroatoms. The predicted octanol–water partition coefficient (Wildman–Crippen LogP) is 2.97. The molecule has 1 aliphatic heterocycles. The van der Waals surface area contributed by atoms with Crippen LogP contribution in [0.1, 0.15) is 45.1 Å². The van der Waals surface area contributed by atoms with Gasteiger partial charge in [0.1, 0.15) is 5.92 Å². The summed E-state index contributed by atoms with van der Waals surface area (Å²) >= 11 is 0. The van der Waals surface area contributed by atoms with E-state index < -0.39 is 23.8 Å². The Hall–Kier alpha value is -3.29. The van der Waals surface area contributed by atoms with Crippen LogP contribution in [0.4, 0.5) is 0 Å². The molecule has 0 unspecified atom stereocenters. The highest BCUT2D eigenvalue weighted by Crippen LogP contribution is 2.46. The molecule has 172 valence electrons. The van der Waals surface area contributed by atoms with Gasteiger partial charge >= 0.3 is 11.9 Å². The molecule has 0 bridgehead atoms. The largest absolute Gasteiger partial charge is 0.504 e. The monoisotopic (exact) mass is 443 g/mol. The molecule has 2 aliphatic rings. The van der Waals surface area contributed by atoms with E-state index in [1.807, 2.05) is 13.8 Å². The molecular weight excluding hydrogens is 414 g/mol. The number of hydrogen-bond donors (Lipinski definition) is 2. The molecule has 1 aliphatic carbocycles. The van der Waals surface area contributed by atoms with E-state index in [4.69, 9.17) is 14.2 Å². The van der Waals surface area contributed by atoms with Crippen LogP contribution in [0.25, 0.3) is 0 Å². The summed E-state index contributed by atoms with van der Waals surface area (Å²) in [4.78, 5) is 39.1. The van der Waals surface area contributed by atoms with E-state index in [2.05, 4.69) is 5.32 Å². The lowest BCUT2D eigenvalue weighted by molar-refractivity contribution is -0.151. The molecule has 1 aromatic rings. The number of nitrogens with one attached hydrogen (secondary N) is 1. The highest BCUT2D eigenvalue weighted by molar-refractivity contribution is 6.12. The fourth-order valence-corrected chi connectivity index (χ4v) is 4.43. The number of allylic oxidation sites excluding steroid dienone is 3. The van der Waals surface area contributed by atoms with Crippen molar-refractivity contribution < 1.29 is 33.7 Å². The van der Waals surface area contributed by atoms with Crippen LogP contribution < -0.4 is 10.1 Å². The topological polar surface area (TPSA) is 111 Å². The molecule has 3 atom stereocenters. The van der Waals surface area contributed by atoms with Crippen LogP contribution in [0.3, 0.4) is 0 Å². The number of esters is 2. The number of ether oxygens (including phenoxy) is 3. The zero-order chi connectivity index (χ0) is 23.6. The van der Waals surface area contributed by atoms with Crippen molar-refractivity contribution in [3.8, 4) is 11.5 Å². The Labute approximate surface area is 187 Å². The van der Waals surface area contributed by atoms with Crippen molar-refractivity contribution in [2.75, 3.05) is 20.8 Å². The van der Waals surface area contributed by atoms with Crippen molar-refractivity contribution in [3.05, 3.63) is 46.3 Å². The maximum Gasteiger partial charge on any atom is 0.336 e. The van der Waals surface area contributed by atoms with E-state index in [1.54, 1.807) is 19.1 Å². The Kier molecular flexibility index (Phi) is 6.91. The molecule has 0 radical (unpaired) electrons. The Morgan fingerprint density at radius 3 is 2.59 bits per heavy atom. The van der Waals surface area contributed by atoms with Crippen molar-refractivity contribution in [3.63, 3.8) is 0 Å². The number of benzene rings is 1. The second-order valence-corrected chi connectivity index (χ2v) is 8.10. The van der Waals surface area contributed by atoms with Gasteiger partial charge in [0.25, 0.3) is 0 Å². The van der Waals surface area contributed by atoms with Gasteiger partial charge in [-0.05, 0) is 43.4 Å². The number of dihydropyridines is 1. The van der Waals surface area contributed by atoms with Gasteiger partial charge in [0, 0.05) is 22.9 Å². The molecule has 2 N–H and O–H groups in total. The number of hydrogen-bond acceptors (Lipinski definition) is 8. The number of methoxy groups -OCH3 is 2. The Morgan fingerprint density at radius 2 is 1.97 bits per heavy atom. The normalized spacial score (nSPS) is 22.8. The molecule has 1 heterocycles. The van der Waals surface area contributed by atoms with Crippen molar-refractivity contribution in [1.29, 1.82) is 0 Å². The summed E-state index contributed by atoms with van der Waals surface area (Å²) in [6.07, 6.45) is 1.10. The van der Waals surface area contributed by atoms with Crippen molar-refractivity contribution in [1.82, 2.24) is 5.32 Å². The first-order valence-corrected chi connectivity index (χ1v) is 10.6. The number of Topliss-reactive ketones (excluding diaryl/α,β-unsaturated/α-hetero) is 1. The van der Waals surface area contributed by atoms with Crippen molar-refractivity contribution in [2.45, 2.75) is 39.5 Å². The molecule has 0 fully saturated rings. The molecule has 32 heavy (non-hydrogen) atoms. The standard InChI is InChI=1S/C24H29NO7/c1-6-9-32-24(29)19-13(3)25-15-10-12(2)18(23(28)31-5)22(27)21(15)20(19)14-7-8-16(26)17(11-14)30-4/h7-8,11-12,18,20,25-26H,6,9-10H2,1-5H3/t12-,18+,20+/m0/s1. The maximum atomic E-state index is 13.6. The van der Waals surface area contributed by atoms with Gasteiger partial charge < -0.3 is 24.6 Å². The number of carbonyl (C=O) groups is 3. The fraction of sp³-hybridized carbons (Fsp3) is 0.458. The zero-order valence-electron chi connectivity index (χ0n) is 19.0. The average molecular weight is 443 g/mol. The van der Waals surface area contributed by atoms with Gasteiger partial charge in [0.2, 0.25) is 0 Å². The van der Waals surface area contributed by atoms with E-state index in [-0.39, 0.29) is 35.4 Å². The first-order chi connectivity index (χ1) is 15.2. The molecule has 8 nitrogen and oxygen atoms in total. The summed E-state index contributed by atoms with van der Waals surface area (Å²) in [7, 11) is 2.68. The highest BCUT2D eigenvalue weighted by Gasteiger charge is 2.47. The summed E-state index contributed by atoms with van der Waals surface area (Å²) in [5.74, 6) is -3.39. The molecule has 0 saturated carbocycles. The third kappa shape index (κ3) is 4.09. The summed E-state index contributed by atoms with van der Waals surface area (Å²) in [5, 5.41) is 13.3. The second-order valence-electron chi connectivity index (χ2n) is 8.10. The van der Waals surface area contributed by atoms with E-state index in [0.29, 0.717) is 35.4 Å². The third-order valence-corrected chi connectivity index (χ3v) is 5.94. The predicted molar refractivity (Wildman–Crippen MR) is 116 cm³/mol. The lowest BCUT2D eigenvalue weighted by Crippen LogP contribution is -2.43. The first kappa shape index (κ1) is 23.4. The van der Waals surface area contributed by atoms with Crippen LogP contribution >= 0.6 is 0 Å². The maximum absolute atomic E-state index is 13.6. The van der Waals surface area contributed by atoms with Crippen molar-refractivity contribution in [2.24, 2.45) is 11.8 Å². The van der Waals surface area contributed by atoms with Crippen LogP contribution in [0.2, 0.25) is 0 Å². The molecule has 0 saturated heterocycles. The lowest BCUT2D eigenvalue weighted by atomic mass is 9.69. The Bertz CT molecular complexity index is 1010. The minimum Gasteiger partial charge on any atom is -0.504 e. The molecule has 3 rings (SSSR count). The van der Waals surface area contributed by atoms with E-state index in [1.165, 1.54) is 20.3 Å². The van der Waals surface area contributed by atoms with E-state index in [9.17, 15) is 19.5 Å². The smallest absolute Gasteiger partial charge is 0.336 e. The quantitative estimate of drug-likeness (QED) is 0.510. The van der Waals surface area contributed by atoms with Crippen LogP contribution in [0.5, 0.6) is 11.5 Å². The number of phenols is 1. The third-order valence-electron chi connectivity index (χ3n) is 5.94. The van der Waals surface area contributed by atoms with E-state index >= 15 is 0 Å². The van der Waals surface area contributed by atoms with Gasteiger partial charge in [-0.2, -0.15) is 0 Å². The fourth-order valence-electron chi connectivity index (χ4n) is 4.43. The second kappa shape index (κ2) is 9.46. The lowest BCUT2D eigenvalue weighted by Gasteiger charge is -2.38. The molecular formula is C24H29NO7. The average Bonchev–Trinajstić information content (AvgIpc) is 2.76. The van der Waals surface area contributed by atoms with Crippen molar-refractivity contribution >= 4 is 17.7 Å². The summed E-state index contributed by atoms with van der Waals surface area (Å²) in [6, 6.07) is 4.68. The highest BCUT2D eigenvalue weighted by atomic mass is 16.5. The number of aromatic hydroxyl groups is 1. The van der Waals surface area contributed by atoms with Crippen LogP contribution in [0, 0.1) is 11.8 Å². The van der Waals surface area contributed by atoms with Crippen LogP contribution in [-0.4, -0.2) is 43.7 Å². The van der Waals surface area contributed by atoms with E-state index in [0.717, 1.165) is 0 Å². The number of carbonyl (C=O) groups excluding carboxylic acids is 3. The molecule has 0 amide bonds.